The summed E-state index contributed by atoms with van der Waals surface area (Å²) in [5, 5.41) is 12.4. The van der Waals surface area contributed by atoms with Crippen LogP contribution in [0, 0.1) is 0 Å². The van der Waals surface area contributed by atoms with Crippen LogP contribution in [0.15, 0.2) is 6.20 Å². The van der Waals surface area contributed by atoms with Gasteiger partial charge in [-0.15, -0.1) is 0 Å². The highest BCUT2D eigenvalue weighted by Crippen LogP contribution is 2.27. The standard InChI is InChI=1S/C13H19N3O3/c1-7(2)12-14-6-10(11(16-12)13(17)18)15-8-4-9(5-8)19-3/h6-9,15H,4-5H2,1-3H3,(H,17,18). The monoisotopic (exact) mass is 265 g/mol. The molecule has 0 spiro atoms. The Hall–Kier alpha value is -1.69. The number of hydrogen-bond donors (Lipinski definition) is 2. The Morgan fingerprint density at radius 1 is 1.53 bits per heavy atom. The number of carbonyl (C=O) groups is 1. The number of aromatic nitrogens is 2. The third kappa shape index (κ3) is 3.01. The Morgan fingerprint density at radius 3 is 2.74 bits per heavy atom. The molecule has 104 valence electrons. The second-order valence-corrected chi connectivity index (χ2v) is 5.12. The van der Waals surface area contributed by atoms with Crippen molar-refractivity contribution < 1.29 is 14.6 Å². The molecule has 0 unspecified atom stereocenters. The molecule has 0 radical (unpaired) electrons. The molecule has 0 bridgehead atoms. The molecule has 1 fully saturated rings. The third-order valence-electron chi connectivity index (χ3n) is 3.31. The van der Waals surface area contributed by atoms with Gasteiger partial charge in [-0.05, 0) is 12.8 Å². The van der Waals surface area contributed by atoms with Crippen molar-refractivity contribution in [2.24, 2.45) is 0 Å². The molecule has 1 heterocycles. The molecule has 0 atom stereocenters. The number of hydrogen-bond acceptors (Lipinski definition) is 5. The highest BCUT2D eigenvalue weighted by molar-refractivity contribution is 5.91. The van der Waals surface area contributed by atoms with Crippen LogP contribution in [-0.4, -0.2) is 40.3 Å². The van der Waals surface area contributed by atoms with Crippen LogP contribution in [0.1, 0.15) is 48.9 Å². The van der Waals surface area contributed by atoms with Gasteiger partial charge in [-0.25, -0.2) is 14.8 Å². The van der Waals surface area contributed by atoms with E-state index in [1.54, 1.807) is 13.3 Å². The topological polar surface area (TPSA) is 84.3 Å². The van der Waals surface area contributed by atoms with Crippen LogP contribution in [0.5, 0.6) is 0 Å². The van der Waals surface area contributed by atoms with Crippen molar-refractivity contribution in [3.63, 3.8) is 0 Å². The summed E-state index contributed by atoms with van der Waals surface area (Å²) < 4.78 is 5.19. The molecular formula is C13H19N3O3. The Kier molecular flexibility index (Phi) is 3.99. The van der Waals surface area contributed by atoms with Crippen LogP contribution in [0.2, 0.25) is 0 Å². The van der Waals surface area contributed by atoms with E-state index in [-0.39, 0.29) is 23.8 Å². The fourth-order valence-electron chi connectivity index (χ4n) is 2.04. The number of carboxylic acid groups (broad SMARTS) is 1. The van der Waals surface area contributed by atoms with E-state index >= 15 is 0 Å². The summed E-state index contributed by atoms with van der Waals surface area (Å²) in [5.41, 5.74) is 0.524. The minimum Gasteiger partial charge on any atom is -0.476 e. The highest BCUT2D eigenvalue weighted by Gasteiger charge is 2.30. The Labute approximate surface area is 112 Å². The minimum atomic E-state index is -1.03. The van der Waals surface area contributed by atoms with Gasteiger partial charge in [-0.2, -0.15) is 0 Å². The first-order chi connectivity index (χ1) is 9.01. The normalized spacial score (nSPS) is 22.1. The van der Waals surface area contributed by atoms with E-state index < -0.39 is 5.97 Å². The van der Waals surface area contributed by atoms with Crippen LogP contribution in [0.3, 0.4) is 0 Å². The molecule has 1 aliphatic carbocycles. The zero-order chi connectivity index (χ0) is 14.0. The van der Waals surface area contributed by atoms with E-state index in [0.29, 0.717) is 11.5 Å². The molecule has 0 aliphatic heterocycles. The summed E-state index contributed by atoms with van der Waals surface area (Å²) in [6.07, 6.45) is 3.58. The van der Waals surface area contributed by atoms with Gasteiger partial charge < -0.3 is 15.2 Å². The Morgan fingerprint density at radius 2 is 2.21 bits per heavy atom. The Bertz CT molecular complexity index is 470. The third-order valence-corrected chi connectivity index (χ3v) is 3.31. The fourth-order valence-corrected chi connectivity index (χ4v) is 2.04. The first-order valence-electron chi connectivity index (χ1n) is 6.40. The van der Waals surface area contributed by atoms with E-state index in [2.05, 4.69) is 15.3 Å². The molecule has 6 nitrogen and oxygen atoms in total. The van der Waals surface area contributed by atoms with E-state index in [9.17, 15) is 9.90 Å². The zero-order valence-electron chi connectivity index (χ0n) is 11.4. The quantitative estimate of drug-likeness (QED) is 0.845. The van der Waals surface area contributed by atoms with E-state index in [1.165, 1.54) is 0 Å². The van der Waals surface area contributed by atoms with Gasteiger partial charge in [0.1, 0.15) is 5.82 Å². The summed E-state index contributed by atoms with van der Waals surface area (Å²) in [6.45, 7) is 3.87. The molecule has 0 amide bonds. The Balaban J connectivity index is 2.13. The van der Waals surface area contributed by atoms with Crippen molar-refractivity contribution in [1.29, 1.82) is 0 Å². The second kappa shape index (κ2) is 5.52. The first kappa shape index (κ1) is 13.7. The van der Waals surface area contributed by atoms with Crippen LogP contribution in [0.4, 0.5) is 5.69 Å². The van der Waals surface area contributed by atoms with Gasteiger partial charge in [0.15, 0.2) is 5.69 Å². The van der Waals surface area contributed by atoms with Crippen molar-refractivity contribution in [1.82, 2.24) is 9.97 Å². The lowest BCUT2D eigenvalue weighted by Crippen LogP contribution is -2.40. The van der Waals surface area contributed by atoms with Crippen LogP contribution in [0.25, 0.3) is 0 Å². The lowest BCUT2D eigenvalue weighted by atomic mass is 9.89. The van der Waals surface area contributed by atoms with Crippen molar-refractivity contribution in [2.75, 3.05) is 12.4 Å². The number of ether oxygens (including phenoxy) is 1. The van der Waals surface area contributed by atoms with E-state index in [4.69, 9.17) is 4.74 Å². The van der Waals surface area contributed by atoms with Crippen molar-refractivity contribution in [2.45, 2.75) is 44.8 Å². The molecule has 1 aliphatic rings. The van der Waals surface area contributed by atoms with Gasteiger partial charge in [-0.1, -0.05) is 13.8 Å². The summed E-state index contributed by atoms with van der Waals surface area (Å²) in [6, 6.07) is 0.233. The van der Waals surface area contributed by atoms with Crippen molar-refractivity contribution >= 4 is 11.7 Å². The van der Waals surface area contributed by atoms with Crippen molar-refractivity contribution in [3.8, 4) is 0 Å². The van der Waals surface area contributed by atoms with Gasteiger partial charge in [0.2, 0.25) is 0 Å². The molecular weight excluding hydrogens is 246 g/mol. The smallest absolute Gasteiger partial charge is 0.356 e. The fraction of sp³-hybridized carbons (Fsp3) is 0.615. The number of anilines is 1. The molecule has 1 aromatic rings. The van der Waals surface area contributed by atoms with Gasteiger partial charge in [0.05, 0.1) is 18.0 Å². The summed E-state index contributed by atoms with van der Waals surface area (Å²) >= 11 is 0. The molecule has 0 saturated heterocycles. The largest absolute Gasteiger partial charge is 0.476 e. The molecule has 19 heavy (non-hydrogen) atoms. The van der Waals surface area contributed by atoms with Gasteiger partial charge >= 0.3 is 5.97 Å². The maximum atomic E-state index is 11.2. The summed E-state index contributed by atoms with van der Waals surface area (Å²) in [4.78, 5) is 19.6. The van der Waals surface area contributed by atoms with E-state index in [1.807, 2.05) is 13.8 Å². The molecule has 0 aromatic carbocycles. The van der Waals surface area contributed by atoms with Crippen molar-refractivity contribution in [3.05, 3.63) is 17.7 Å². The lowest BCUT2D eigenvalue weighted by molar-refractivity contribution is 0.0328. The minimum absolute atomic E-state index is 0.0413. The summed E-state index contributed by atoms with van der Waals surface area (Å²) in [7, 11) is 1.68. The predicted molar refractivity (Wildman–Crippen MR) is 70.5 cm³/mol. The highest BCUT2D eigenvalue weighted by atomic mass is 16.5. The average molecular weight is 265 g/mol. The van der Waals surface area contributed by atoms with Crippen LogP contribution in [-0.2, 0) is 4.74 Å². The number of nitrogens with one attached hydrogen (secondary N) is 1. The molecule has 2 N–H and O–H groups in total. The number of aromatic carboxylic acids is 1. The van der Waals surface area contributed by atoms with E-state index in [0.717, 1.165) is 12.8 Å². The summed E-state index contributed by atoms with van der Waals surface area (Å²) in [5.74, 6) is -0.380. The van der Waals surface area contributed by atoms with Gasteiger partial charge in [0, 0.05) is 19.1 Å². The van der Waals surface area contributed by atoms with Crippen LogP contribution >= 0.6 is 0 Å². The maximum Gasteiger partial charge on any atom is 0.356 e. The second-order valence-electron chi connectivity index (χ2n) is 5.12. The molecule has 1 aromatic heterocycles. The van der Waals surface area contributed by atoms with Gasteiger partial charge in [-0.3, -0.25) is 0 Å². The number of nitrogens with zero attached hydrogens (tertiary/aromatic N) is 2. The SMILES string of the molecule is COC1CC(Nc2cnc(C(C)C)nc2C(=O)O)C1. The number of carboxylic acids is 1. The maximum absolute atomic E-state index is 11.2. The number of methoxy groups -OCH3 is 1. The number of rotatable bonds is 5. The van der Waals surface area contributed by atoms with Gasteiger partial charge in [0.25, 0.3) is 0 Å². The zero-order valence-corrected chi connectivity index (χ0v) is 11.4. The molecule has 1 saturated carbocycles. The van der Waals surface area contributed by atoms with Crippen LogP contribution < -0.4 is 5.32 Å². The molecule has 2 rings (SSSR count). The lowest BCUT2D eigenvalue weighted by Gasteiger charge is -2.35. The molecule has 6 heteroatoms. The predicted octanol–water partition coefficient (Wildman–Crippen LogP) is 1.89. The first-order valence-corrected chi connectivity index (χ1v) is 6.40. The average Bonchev–Trinajstić information content (AvgIpc) is 2.32.